The van der Waals surface area contributed by atoms with Crippen molar-refractivity contribution in [1.82, 2.24) is 0 Å². The van der Waals surface area contributed by atoms with Gasteiger partial charge in [0.1, 0.15) is 17.2 Å². The van der Waals surface area contributed by atoms with Crippen LogP contribution in [0.5, 0.6) is 17.2 Å². The summed E-state index contributed by atoms with van der Waals surface area (Å²) in [5, 5.41) is 6.57. The molecule has 0 aliphatic carbocycles. The van der Waals surface area contributed by atoms with Crippen molar-refractivity contribution in [3.63, 3.8) is 0 Å². The summed E-state index contributed by atoms with van der Waals surface area (Å²) in [5.41, 5.74) is 2.84. The third-order valence-corrected chi connectivity index (χ3v) is 6.53. The average molecular weight is 593 g/mol. The molecule has 8 nitrogen and oxygen atoms in total. The molecule has 0 bridgehead atoms. The van der Waals surface area contributed by atoms with Gasteiger partial charge in [-0.1, -0.05) is 43.0 Å². The lowest BCUT2D eigenvalue weighted by Gasteiger charge is -2.19. The fourth-order valence-electron chi connectivity index (χ4n) is 4.25. The van der Waals surface area contributed by atoms with Crippen molar-refractivity contribution in [2.45, 2.75) is 25.7 Å². The zero-order chi connectivity index (χ0) is 31.0. The number of unbranched alkanes of at least 4 members (excludes halogenated alkanes) is 3. The van der Waals surface area contributed by atoms with Crippen molar-refractivity contribution < 1.29 is 28.5 Å². The summed E-state index contributed by atoms with van der Waals surface area (Å²) in [4.78, 5) is 23.9. The summed E-state index contributed by atoms with van der Waals surface area (Å²) in [7, 11) is 1.58. The maximum Gasteiger partial charge on any atom is 0.343 e. The number of nitrogens with zero attached hydrogens (tertiary/aromatic N) is 2. The molecule has 4 rings (SSSR count). The molecule has 0 aromatic heterocycles. The Morgan fingerprint density at radius 1 is 0.773 bits per heavy atom. The van der Waals surface area contributed by atoms with Crippen molar-refractivity contribution >= 4 is 29.5 Å². The number of hydrogen-bond acceptors (Lipinski definition) is 8. The van der Waals surface area contributed by atoms with Crippen LogP contribution < -0.4 is 19.2 Å². The van der Waals surface area contributed by atoms with Gasteiger partial charge in [-0.25, -0.2) is 14.6 Å². The number of anilines is 2. The van der Waals surface area contributed by atoms with Gasteiger partial charge in [0.2, 0.25) is 0 Å². The molecule has 8 heteroatoms. The second-order valence-corrected chi connectivity index (χ2v) is 9.68. The van der Waals surface area contributed by atoms with Crippen LogP contribution in [0.15, 0.2) is 121 Å². The van der Waals surface area contributed by atoms with Gasteiger partial charge in [0, 0.05) is 11.6 Å². The highest BCUT2D eigenvalue weighted by molar-refractivity contribution is 5.92. The Labute approximate surface area is 258 Å². The minimum absolute atomic E-state index is 0.364. The third-order valence-electron chi connectivity index (χ3n) is 6.53. The standard InChI is InChI=1S/C36H36N2O6/c1-3-35(39)43-25-13-5-4-12-24-42-32-20-18-28(19-21-32)36(40)44-33-22-23-34(41-2)29(26-33)27-37-38(30-14-8-6-9-15-30)31-16-10-7-11-17-31/h3,6-11,14-23,26-27H,1,4-5,12-13,24-25H2,2H3/b37-27+. The first-order chi connectivity index (χ1) is 21.6. The Morgan fingerprint density at radius 3 is 2.00 bits per heavy atom. The number of hydrazone groups is 1. The van der Waals surface area contributed by atoms with Crippen LogP contribution in [0.25, 0.3) is 0 Å². The minimum atomic E-state index is -0.489. The van der Waals surface area contributed by atoms with Crippen molar-refractivity contribution in [2.75, 3.05) is 25.3 Å². The van der Waals surface area contributed by atoms with Crippen LogP contribution in [0, 0.1) is 0 Å². The normalized spacial score (nSPS) is 10.7. The van der Waals surface area contributed by atoms with E-state index in [-0.39, 0.29) is 0 Å². The Morgan fingerprint density at radius 2 is 1.39 bits per heavy atom. The Hall–Kier alpha value is -5.37. The first kappa shape index (κ1) is 31.6. The van der Waals surface area contributed by atoms with E-state index in [1.807, 2.05) is 65.7 Å². The molecule has 0 aliphatic heterocycles. The van der Waals surface area contributed by atoms with E-state index >= 15 is 0 Å². The van der Waals surface area contributed by atoms with Crippen LogP contribution in [0.2, 0.25) is 0 Å². The van der Waals surface area contributed by atoms with E-state index in [0.717, 1.165) is 43.1 Å². The number of esters is 2. The quantitative estimate of drug-likeness (QED) is 0.0328. The number of ether oxygens (including phenoxy) is 4. The number of methoxy groups -OCH3 is 1. The van der Waals surface area contributed by atoms with Gasteiger partial charge in [-0.05, 0) is 92.4 Å². The minimum Gasteiger partial charge on any atom is -0.496 e. The third kappa shape index (κ3) is 9.59. The second-order valence-electron chi connectivity index (χ2n) is 9.68. The zero-order valence-corrected chi connectivity index (χ0v) is 24.8. The van der Waals surface area contributed by atoms with Crippen molar-refractivity contribution in [2.24, 2.45) is 5.10 Å². The van der Waals surface area contributed by atoms with E-state index in [9.17, 15) is 9.59 Å². The number of benzene rings is 4. The molecule has 0 amide bonds. The van der Waals surface area contributed by atoms with E-state index in [0.29, 0.717) is 41.6 Å². The molecule has 226 valence electrons. The molecule has 0 saturated carbocycles. The van der Waals surface area contributed by atoms with E-state index in [4.69, 9.17) is 24.0 Å². The summed E-state index contributed by atoms with van der Waals surface area (Å²) in [6.07, 6.45) is 6.42. The van der Waals surface area contributed by atoms with Crippen LogP contribution in [-0.4, -0.2) is 38.5 Å². The lowest BCUT2D eigenvalue weighted by Crippen LogP contribution is -2.10. The summed E-state index contributed by atoms with van der Waals surface area (Å²) < 4.78 is 22.0. The van der Waals surface area contributed by atoms with Gasteiger partial charge < -0.3 is 18.9 Å². The van der Waals surface area contributed by atoms with Gasteiger partial charge in [0.15, 0.2) is 0 Å². The fraction of sp³-hybridized carbons (Fsp3) is 0.194. The molecule has 0 fully saturated rings. The van der Waals surface area contributed by atoms with E-state index < -0.39 is 11.9 Å². The lowest BCUT2D eigenvalue weighted by atomic mass is 10.2. The highest BCUT2D eigenvalue weighted by atomic mass is 16.5. The van der Waals surface area contributed by atoms with Gasteiger partial charge in [-0.2, -0.15) is 5.10 Å². The first-order valence-corrected chi connectivity index (χ1v) is 14.4. The van der Waals surface area contributed by atoms with Gasteiger partial charge in [0.25, 0.3) is 0 Å². The molecule has 0 N–H and O–H groups in total. The van der Waals surface area contributed by atoms with E-state index in [1.54, 1.807) is 55.8 Å². The summed E-state index contributed by atoms with van der Waals surface area (Å²) in [5.74, 6) is 0.742. The monoisotopic (exact) mass is 592 g/mol. The fourth-order valence-corrected chi connectivity index (χ4v) is 4.25. The Balaban J connectivity index is 1.33. The molecule has 0 aliphatic rings. The van der Waals surface area contributed by atoms with Crippen LogP contribution in [0.1, 0.15) is 41.6 Å². The second kappa shape index (κ2) is 16.9. The number of carbonyl (C=O) groups excluding carboxylic acids is 2. The van der Waals surface area contributed by atoms with Crippen molar-refractivity contribution in [3.8, 4) is 17.2 Å². The molecule has 0 saturated heterocycles. The number of rotatable bonds is 16. The molecule has 0 unspecified atom stereocenters. The summed E-state index contributed by atoms with van der Waals surface area (Å²) in [6.45, 7) is 4.32. The predicted octanol–water partition coefficient (Wildman–Crippen LogP) is 7.76. The summed E-state index contributed by atoms with van der Waals surface area (Å²) in [6, 6.07) is 31.6. The molecule has 4 aromatic rings. The molecule has 0 atom stereocenters. The SMILES string of the molecule is C=CC(=O)OCCCCCCOc1ccc(C(=O)Oc2ccc(OC)c(/C=N/N(c3ccccc3)c3ccccc3)c2)cc1. The van der Waals surface area contributed by atoms with Gasteiger partial charge in [0.05, 0.1) is 43.5 Å². The lowest BCUT2D eigenvalue weighted by molar-refractivity contribution is -0.137. The van der Waals surface area contributed by atoms with Crippen LogP contribution in [0.3, 0.4) is 0 Å². The average Bonchev–Trinajstić information content (AvgIpc) is 3.07. The highest BCUT2D eigenvalue weighted by Crippen LogP contribution is 2.27. The molecular formula is C36H36N2O6. The highest BCUT2D eigenvalue weighted by Gasteiger charge is 2.12. The molecular weight excluding hydrogens is 556 g/mol. The number of para-hydroxylation sites is 2. The zero-order valence-electron chi connectivity index (χ0n) is 24.8. The number of hydrogen-bond donors (Lipinski definition) is 0. The first-order valence-electron chi connectivity index (χ1n) is 14.4. The van der Waals surface area contributed by atoms with Crippen LogP contribution in [0.4, 0.5) is 11.4 Å². The van der Waals surface area contributed by atoms with Gasteiger partial charge >= 0.3 is 11.9 Å². The topological polar surface area (TPSA) is 86.7 Å². The van der Waals surface area contributed by atoms with Gasteiger partial charge in [-0.3, -0.25) is 0 Å². The predicted molar refractivity (Wildman–Crippen MR) is 172 cm³/mol. The largest absolute Gasteiger partial charge is 0.496 e. The molecule has 0 spiro atoms. The van der Waals surface area contributed by atoms with Crippen LogP contribution in [-0.2, 0) is 9.53 Å². The molecule has 0 radical (unpaired) electrons. The Kier molecular flexibility index (Phi) is 12.1. The molecule has 44 heavy (non-hydrogen) atoms. The number of carbonyl (C=O) groups is 2. The Bertz CT molecular complexity index is 1480. The summed E-state index contributed by atoms with van der Waals surface area (Å²) >= 11 is 0. The van der Waals surface area contributed by atoms with Crippen molar-refractivity contribution in [3.05, 3.63) is 127 Å². The molecule has 0 heterocycles. The van der Waals surface area contributed by atoms with E-state index in [1.165, 1.54) is 0 Å². The van der Waals surface area contributed by atoms with Crippen molar-refractivity contribution in [1.29, 1.82) is 0 Å². The van der Waals surface area contributed by atoms with Gasteiger partial charge in [-0.15, -0.1) is 0 Å². The smallest absolute Gasteiger partial charge is 0.343 e. The van der Waals surface area contributed by atoms with Crippen LogP contribution >= 0.6 is 0 Å². The van der Waals surface area contributed by atoms with E-state index in [2.05, 4.69) is 6.58 Å². The maximum absolute atomic E-state index is 12.9. The maximum atomic E-state index is 12.9. The molecule has 4 aromatic carbocycles.